The van der Waals surface area contributed by atoms with E-state index < -0.39 is 0 Å². The SMILES string of the molecule is COc1cc2c(=O)[nH]cnc2cc1OCCN1CCSCC1. The number of benzene rings is 1. The second-order valence-corrected chi connectivity index (χ2v) is 6.28. The second-order valence-electron chi connectivity index (χ2n) is 5.05. The fourth-order valence-corrected chi connectivity index (χ4v) is 3.44. The molecular weight excluding hydrogens is 302 g/mol. The summed E-state index contributed by atoms with van der Waals surface area (Å²) >= 11 is 1.99. The predicted octanol–water partition coefficient (Wildman–Crippen LogP) is 1.36. The summed E-state index contributed by atoms with van der Waals surface area (Å²) in [4.78, 5) is 20.9. The summed E-state index contributed by atoms with van der Waals surface area (Å²) in [5, 5.41) is 0.500. The van der Waals surface area contributed by atoms with Crippen molar-refractivity contribution >= 4 is 22.7 Å². The predicted molar refractivity (Wildman–Crippen MR) is 88.2 cm³/mol. The maximum Gasteiger partial charge on any atom is 0.258 e. The highest BCUT2D eigenvalue weighted by Gasteiger charge is 2.12. The summed E-state index contributed by atoms with van der Waals surface area (Å²) in [5.74, 6) is 3.55. The fourth-order valence-electron chi connectivity index (χ4n) is 2.46. The van der Waals surface area contributed by atoms with Gasteiger partial charge in [-0.3, -0.25) is 9.69 Å². The van der Waals surface area contributed by atoms with E-state index in [9.17, 15) is 4.79 Å². The molecule has 0 radical (unpaired) electrons. The summed E-state index contributed by atoms with van der Waals surface area (Å²) in [5.41, 5.74) is 0.426. The van der Waals surface area contributed by atoms with Gasteiger partial charge in [-0.15, -0.1) is 0 Å². The Morgan fingerprint density at radius 2 is 2.14 bits per heavy atom. The van der Waals surface area contributed by atoms with Crippen LogP contribution >= 0.6 is 11.8 Å². The molecule has 3 rings (SSSR count). The molecule has 0 spiro atoms. The van der Waals surface area contributed by atoms with Crippen LogP contribution in [-0.4, -0.2) is 59.7 Å². The minimum atomic E-state index is -0.180. The van der Waals surface area contributed by atoms with Gasteiger partial charge >= 0.3 is 0 Å². The van der Waals surface area contributed by atoms with E-state index in [1.807, 2.05) is 11.8 Å². The van der Waals surface area contributed by atoms with Gasteiger partial charge in [0.05, 0.1) is 24.3 Å². The Morgan fingerprint density at radius 1 is 1.32 bits per heavy atom. The maximum absolute atomic E-state index is 11.8. The third-order valence-corrected chi connectivity index (χ3v) is 4.64. The normalized spacial score (nSPS) is 15.9. The topological polar surface area (TPSA) is 67.5 Å². The molecule has 118 valence electrons. The molecule has 0 unspecified atom stereocenters. The van der Waals surface area contributed by atoms with Crippen molar-refractivity contribution in [3.63, 3.8) is 0 Å². The number of rotatable bonds is 5. The highest BCUT2D eigenvalue weighted by atomic mass is 32.2. The number of nitrogens with one attached hydrogen (secondary N) is 1. The number of H-pyrrole nitrogens is 1. The molecule has 2 heterocycles. The van der Waals surface area contributed by atoms with Crippen molar-refractivity contribution in [2.45, 2.75) is 0 Å². The summed E-state index contributed by atoms with van der Waals surface area (Å²) in [6.45, 7) is 3.71. The number of aromatic amines is 1. The molecule has 7 heteroatoms. The minimum absolute atomic E-state index is 0.180. The van der Waals surface area contributed by atoms with Crippen LogP contribution in [0.4, 0.5) is 0 Å². The van der Waals surface area contributed by atoms with E-state index in [1.165, 1.54) is 17.8 Å². The van der Waals surface area contributed by atoms with Crippen LogP contribution in [0.25, 0.3) is 10.9 Å². The summed E-state index contributed by atoms with van der Waals surface area (Å²) in [6, 6.07) is 3.43. The molecule has 1 aliphatic heterocycles. The Bertz CT molecular complexity index is 698. The molecule has 0 aliphatic carbocycles. The number of nitrogens with zero attached hydrogens (tertiary/aromatic N) is 2. The van der Waals surface area contributed by atoms with Crippen molar-refractivity contribution in [2.24, 2.45) is 0 Å². The summed E-state index contributed by atoms with van der Waals surface area (Å²) < 4.78 is 11.2. The summed E-state index contributed by atoms with van der Waals surface area (Å²) in [6.07, 6.45) is 1.40. The molecular formula is C15H19N3O3S. The van der Waals surface area contributed by atoms with Gasteiger partial charge in [-0.05, 0) is 6.07 Å². The molecule has 1 aromatic carbocycles. The van der Waals surface area contributed by atoms with Gasteiger partial charge < -0.3 is 14.5 Å². The molecule has 1 aliphatic rings. The van der Waals surface area contributed by atoms with Gasteiger partial charge in [0, 0.05) is 37.2 Å². The molecule has 0 bridgehead atoms. The van der Waals surface area contributed by atoms with Crippen LogP contribution in [0.5, 0.6) is 11.5 Å². The summed E-state index contributed by atoms with van der Waals surface area (Å²) in [7, 11) is 1.57. The first-order valence-electron chi connectivity index (χ1n) is 7.26. The molecule has 1 saturated heterocycles. The lowest BCUT2D eigenvalue weighted by atomic mass is 10.2. The first-order chi connectivity index (χ1) is 10.8. The lowest BCUT2D eigenvalue weighted by Gasteiger charge is -2.26. The van der Waals surface area contributed by atoms with E-state index >= 15 is 0 Å². The lowest BCUT2D eigenvalue weighted by molar-refractivity contribution is 0.217. The Morgan fingerprint density at radius 3 is 2.91 bits per heavy atom. The zero-order valence-corrected chi connectivity index (χ0v) is 13.3. The highest BCUT2D eigenvalue weighted by molar-refractivity contribution is 7.99. The van der Waals surface area contributed by atoms with Crippen molar-refractivity contribution in [1.82, 2.24) is 14.9 Å². The van der Waals surface area contributed by atoms with E-state index in [4.69, 9.17) is 9.47 Å². The Hall–Kier alpha value is -1.73. The highest BCUT2D eigenvalue weighted by Crippen LogP contribution is 2.30. The van der Waals surface area contributed by atoms with Gasteiger partial charge in [0.1, 0.15) is 6.61 Å². The van der Waals surface area contributed by atoms with Crippen molar-refractivity contribution < 1.29 is 9.47 Å². The van der Waals surface area contributed by atoms with Crippen LogP contribution < -0.4 is 15.0 Å². The fraction of sp³-hybridized carbons (Fsp3) is 0.467. The second kappa shape index (κ2) is 7.02. The first kappa shape index (κ1) is 15.2. The van der Waals surface area contributed by atoms with Crippen LogP contribution in [0.15, 0.2) is 23.3 Å². The molecule has 0 amide bonds. The molecule has 0 atom stereocenters. The van der Waals surface area contributed by atoms with Gasteiger partial charge in [0.2, 0.25) is 0 Å². The van der Waals surface area contributed by atoms with E-state index in [-0.39, 0.29) is 5.56 Å². The molecule has 2 aromatic rings. The van der Waals surface area contributed by atoms with Gasteiger partial charge in [-0.25, -0.2) is 4.98 Å². The molecule has 1 fully saturated rings. The number of thioether (sulfide) groups is 1. The quantitative estimate of drug-likeness (QED) is 0.897. The smallest absolute Gasteiger partial charge is 0.258 e. The molecule has 1 aromatic heterocycles. The molecule has 1 N–H and O–H groups in total. The van der Waals surface area contributed by atoms with E-state index in [0.29, 0.717) is 29.0 Å². The Labute approximate surface area is 132 Å². The van der Waals surface area contributed by atoms with Crippen molar-refractivity contribution in [1.29, 1.82) is 0 Å². The number of aromatic nitrogens is 2. The van der Waals surface area contributed by atoms with Crippen LogP contribution in [0.1, 0.15) is 0 Å². The van der Waals surface area contributed by atoms with Crippen LogP contribution in [0.3, 0.4) is 0 Å². The number of methoxy groups -OCH3 is 1. The number of hydrogen-bond donors (Lipinski definition) is 1. The van der Waals surface area contributed by atoms with Crippen LogP contribution in [0.2, 0.25) is 0 Å². The number of hydrogen-bond acceptors (Lipinski definition) is 6. The molecule has 6 nitrogen and oxygen atoms in total. The van der Waals surface area contributed by atoms with Crippen molar-refractivity contribution in [3.05, 3.63) is 28.8 Å². The van der Waals surface area contributed by atoms with Gasteiger partial charge in [-0.1, -0.05) is 0 Å². The monoisotopic (exact) mass is 321 g/mol. The third-order valence-electron chi connectivity index (χ3n) is 3.69. The first-order valence-corrected chi connectivity index (χ1v) is 8.42. The van der Waals surface area contributed by atoms with Crippen molar-refractivity contribution in [2.75, 3.05) is 44.9 Å². The average Bonchev–Trinajstić information content (AvgIpc) is 2.55. The maximum atomic E-state index is 11.8. The van der Waals surface area contributed by atoms with E-state index in [0.717, 1.165) is 19.6 Å². The zero-order chi connectivity index (χ0) is 15.4. The van der Waals surface area contributed by atoms with Crippen molar-refractivity contribution in [3.8, 4) is 11.5 Å². The third kappa shape index (κ3) is 3.36. The van der Waals surface area contributed by atoms with Gasteiger partial charge in [-0.2, -0.15) is 11.8 Å². The largest absolute Gasteiger partial charge is 0.493 e. The Kier molecular flexibility index (Phi) is 4.84. The minimum Gasteiger partial charge on any atom is -0.493 e. The number of fused-ring (bicyclic) bond motifs is 1. The van der Waals surface area contributed by atoms with E-state index in [1.54, 1.807) is 19.2 Å². The van der Waals surface area contributed by atoms with E-state index in [2.05, 4.69) is 14.9 Å². The molecule has 22 heavy (non-hydrogen) atoms. The van der Waals surface area contributed by atoms with Crippen LogP contribution in [-0.2, 0) is 0 Å². The van der Waals surface area contributed by atoms with Gasteiger partial charge in [0.15, 0.2) is 11.5 Å². The van der Waals surface area contributed by atoms with Gasteiger partial charge in [0.25, 0.3) is 5.56 Å². The van der Waals surface area contributed by atoms with Crippen LogP contribution in [0, 0.1) is 0 Å². The Balaban J connectivity index is 1.73. The average molecular weight is 321 g/mol. The zero-order valence-electron chi connectivity index (χ0n) is 12.5. The lowest BCUT2D eigenvalue weighted by Crippen LogP contribution is -2.35. The standard InChI is InChI=1S/C15H19N3O3S/c1-20-13-8-11-12(16-10-17-15(11)19)9-14(13)21-5-2-18-3-6-22-7-4-18/h8-10H,2-7H2,1H3,(H,16,17,19). The number of ether oxygens (including phenoxy) is 2. The molecule has 0 saturated carbocycles.